The maximum atomic E-state index is 10.5. The van der Waals surface area contributed by atoms with E-state index >= 15 is 0 Å². The Labute approximate surface area is 86.4 Å². The number of nitrogens with one attached hydrogen (secondary N) is 1. The average molecular weight is 195 g/mol. The quantitative estimate of drug-likeness (QED) is 0.626. The summed E-state index contributed by atoms with van der Waals surface area (Å²) in [5, 5.41) is 13.8. The van der Waals surface area contributed by atoms with Gasteiger partial charge in [-0.15, -0.1) is 0 Å². The Bertz CT molecular complexity index is 235. The molecule has 2 heteroatoms. The lowest BCUT2D eigenvalue weighted by atomic mass is 9.69. The zero-order valence-corrected chi connectivity index (χ0v) is 9.21. The summed E-state index contributed by atoms with van der Waals surface area (Å²) in [4.78, 5) is 0. The molecule has 0 saturated heterocycles. The van der Waals surface area contributed by atoms with E-state index in [9.17, 15) is 5.11 Å². The molecule has 0 amide bonds. The van der Waals surface area contributed by atoms with Crippen LogP contribution in [0, 0.1) is 5.41 Å². The van der Waals surface area contributed by atoms with Crippen LogP contribution in [0.3, 0.4) is 0 Å². The third-order valence-corrected chi connectivity index (χ3v) is 3.83. The fourth-order valence-corrected chi connectivity index (χ4v) is 2.51. The molecular weight excluding hydrogens is 174 g/mol. The lowest BCUT2D eigenvalue weighted by Gasteiger charge is -2.43. The minimum absolute atomic E-state index is 0.193. The predicted molar refractivity (Wildman–Crippen MR) is 58.1 cm³/mol. The van der Waals surface area contributed by atoms with Crippen LogP contribution in [0.25, 0.3) is 0 Å². The van der Waals surface area contributed by atoms with Gasteiger partial charge >= 0.3 is 0 Å². The standard InChI is InChI=1S/C12H21NO/c1-11(2)5-7-12(14,8-6-11)10-4-3-9-13-10/h3-4,10,13-14H,5-9H2,1-2H3. The third kappa shape index (κ3) is 1.86. The summed E-state index contributed by atoms with van der Waals surface area (Å²) >= 11 is 0. The maximum Gasteiger partial charge on any atom is 0.0836 e. The molecule has 0 spiro atoms. The van der Waals surface area contributed by atoms with Crippen LogP contribution in [0.5, 0.6) is 0 Å². The molecule has 0 aromatic heterocycles. The van der Waals surface area contributed by atoms with E-state index in [0.717, 1.165) is 32.2 Å². The van der Waals surface area contributed by atoms with Gasteiger partial charge < -0.3 is 10.4 Å². The summed E-state index contributed by atoms with van der Waals surface area (Å²) in [5.74, 6) is 0. The Kier molecular flexibility index (Phi) is 2.44. The second-order valence-corrected chi connectivity index (χ2v) is 5.58. The molecule has 0 aromatic rings. The summed E-state index contributed by atoms with van der Waals surface area (Å²) < 4.78 is 0. The highest BCUT2D eigenvalue weighted by molar-refractivity contribution is 5.12. The van der Waals surface area contributed by atoms with Gasteiger partial charge in [0.1, 0.15) is 0 Å². The van der Waals surface area contributed by atoms with Crippen molar-refractivity contribution >= 4 is 0 Å². The number of hydrogen-bond acceptors (Lipinski definition) is 2. The molecule has 1 aliphatic heterocycles. The second kappa shape index (κ2) is 3.35. The van der Waals surface area contributed by atoms with Crippen LogP contribution in [-0.2, 0) is 0 Å². The first-order valence-electron chi connectivity index (χ1n) is 5.64. The smallest absolute Gasteiger partial charge is 0.0836 e. The van der Waals surface area contributed by atoms with Crippen molar-refractivity contribution in [3.8, 4) is 0 Å². The van der Waals surface area contributed by atoms with Gasteiger partial charge in [-0.3, -0.25) is 0 Å². The minimum Gasteiger partial charge on any atom is -0.388 e. The molecule has 1 atom stereocenters. The highest BCUT2D eigenvalue weighted by Crippen LogP contribution is 2.42. The molecule has 0 aromatic carbocycles. The second-order valence-electron chi connectivity index (χ2n) is 5.58. The highest BCUT2D eigenvalue weighted by Gasteiger charge is 2.41. The first kappa shape index (κ1) is 10.2. The third-order valence-electron chi connectivity index (χ3n) is 3.83. The molecule has 2 rings (SSSR count). The monoisotopic (exact) mass is 195 g/mol. The summed E-state index contributed by atoms with van der Waals surface area (Å²) in [6.07, 6.45) is 8.37. The van der Waals surface area contributed by atoms with Crippen LogP contribution < -0.4 is 5.32 Å². The zero-order valence-electron chi connectivity index (χ0n) is 9.21. The number of aliphatic hydroxyl groups is 1. The molecule has 2 aliphatic rings. The van der Waals surface area contributed by atoms with E-state index in [1.807, 2.05) is 0 Å². The fraction of sp³-hybridized carbons (Fsp3) is 0.833. The lowest BCUT2D eigenvalue weighted by molar-refractivity contribution is -0.0405. The van der Waals surface area contributed by atoms with Gasteiger partial charge in [0.2, 0.25) is 0 Å². The largest absolute Gasteiger partial charge is 0.388 e. The van der Waals surface area contributed by atoms with Crippen molar-refractivity contribution in [3.05, 3.63) is 12.2 Å². The molecule has 14 heavy (non-hydrogen) atoms. The molecule has 2 nitrogen and oxygen atoms in total. The van der Waals surface area contributed by atoms with Crippen LogP contribution in [0.4, 0.5) is 0 Å². The van der Waals surface area contributed by atoms with E-state index in [1.165, 1.54) is 0 Å². The van der Waals surface area contributed by atoms with Gasteiger partial charge in [0.05, 0.1) is 11.6 Å². The van der Waals surface area contributed by atoms with Crippen molar-refractivity contribution in [2.24, 2.45) is 5.41 Å². The molecule has 1 heterocycles. The van der Waals surface area contributed by atoms with Crippen molar-refractivity contribution in [3.63, 3.8) is 0 Å². The van der Waals surface area contributed by atoms with Gasteiger partial charge in [0.15, 0.2) is 0 Å². The Morgan fingerprint density at radius 2 is 1.86 bits per heavy atom. The lowest BCUT2D eigenvalue weighted by Crippen LogP contribution is -2.50. The van der Waals surface area contributed by atoms with Gasteiger partial charge in [-0.1, -0.05) is 26.0 Å². The molecule has 1 unspecified atom stereocenters. The summed E-state index contributed by atoms with van der Waals surface area (Å²) in [5.41, 5.74) is -0.0585. The van der Waals surface area contributed by atoms with Gasteiger partial charge in [0.25, 0.3) is 0 Å². The molecule has 80 valence electrons. The summed E-state index contributed by atoms with van der Waals surface area (Å²) in [7, 11) is 0. The molecule has 1 fully saturated rings. The van der Waals surface area contributed by atoms with Gasteiger partial charge in [0, 0.05) is 6.54 Å². The predicted octanol–water partition coefficient (Wildman–Crippen LogP) is 1.85. The van der Waals surface area contributed by atoms with Crippen molar-refractivity contribution in [2.75, 3.05) is 6.54 Å². The molecule has 0 bridgehead atoms. The van der Waals surface area contributed by atoms with Gasteiger partial charge in [-0.25, -0.2) is 0 Å². The van der Waals surface area contributed by atoms with Crippen molar-refractivity contribution in [2.45, 2.75) is 51.2 Å². The van der Waals surface area contributed by atoms with E-state index < -0.39 is 5.60 Å². The van der Waals surface area contributed by atoms with Crippen molar-refractivity contribution in [1.29, 1.82) is 0 Å². The number of hydrogen-bond donors (Lipinski definition) is 2. The Morgan fingerprint density at radius 3 is 2.36 bits per heavy atom. The van der Waals surface area contributed by atoms with E-state index in [2.05, 4.69) is 31.3 Å². The summed E-state index contributed by atoms with van der Waals surface area (Å²) in [6, 6.07) is 0.193. The topological polar surface area (TPSA) is 32.3 Å². The first-order valence-corrected chi connectivity index (χ1v) is 5.64. The van der Waals surface area contributed by atoms with E-state index in [-0.39, 0.29) is 6.04 Å². The van der Waals surface area contributed by atoms with Crippen molar-refractivity contribution in [1.82, 2.24) is 5.32 Å². The highest BCUT2D eigenvalue weighted by atomic mass is 16.3. The number of rotatable bonds is 1. The van der Waals surface area contributed by atoms with E-state index in [4.69, 9.17) is 0 Å². The van der Waals surface area contributed by atoms with E-state index in [0.29, 0.717) is 5.41 Å². The minimum atomic E-state index is -0.484. The van der Waals surface area contributed by atoms with Crippen LogP contribution in [0.15, 0.2) is 12.2 Å². The molecule has 1 aliphatic carbocycles. The average Bonchev–Trinajstić information content (AvgIpc) is 2.64. The summed E-state index contributed by atoms with van der Waals surface area (Å²) in [6.45, 7) is 5.51. The van der Waals surface area contributed by atoms with Crippen LogP contribution in [-0.4, -0.2) is 23.3 Å². The molecule has 2 N–H and O–H groups in total. The normalized spacial score (nSPS) is 34.6. The van der Waals surface area contributed by atoms with Gasteiger partial charge in [-0.2, -0.15) is 0 Å². The van der Waals surface area contributed by atoms with Crippen LogP contribution >= 0.6 is 0 Å². The SMILES string of the molecule is CC1(C)CCC(O)(C2C=CCN2)CC1. The van der Waals surface area contributed by atoms with E-state index in [1.54, 1.807) is 0 Å². The molecule has 0 radical (unpaired) electrons. The zero-order chi connectivity index (χ0) is 10.2. The van der Waals surface area contributed by atoms with Crippen LogP contribution in [0.2, 0.25) is 0 Å². The van der Waals surface area contributed by atoms with Crippen molar-refractivity contribution < 1.29 is 5.11 Å². The Morgan fingerprint density at radius 1 is 1.21 bits per heavy atom. The maximum absolute atomic E-state index is 10.5. The van der Waals surface area contributed by atoms with Crippen LogP contribution in [0.1, 0.15) is 39.5 Å². The first-order chi connectivity index (χ1) is 6.52. The molecule has 1 saturated carbocycles. The Hall–Kier alpha value is -0.340. The Balaban J connectivity index is 2.01. The molecular formula is C12H21NO. The fourth-order valence-electron chi connectivity index (χ4n) is 2.51. The van der Waals surface area contributed by atoms with Gasteiger partial charge in [-0.05, 0) is 31.1 Å².